The summed E-state index contributed by atoms with van der Waals surface area (Å²) < 4.78 is 5.33. The summed E-state index contributed by atoms with van der Waals surface area (Å²) in [6, 6.07) is 0. The third-order valence-electron chi connectivity index (χ3n) is 0.877. The van der Waals surface area contributed by atoms with E-state index in [2.05, 4.69) is 24.8 Å². The predicted molar refractivity (Wildman–Crippen MR) is 42.4 cm³/mol. The second-order valence-electron chi connectivity index (χ2n) is 1.60. The van der Waals surface area contributed by atoms with E-state index >= 15 is 0 Å². The van der Waals surface area contributed by atoms with Crippen LogP contribution < -0.4 is 29.6 Å². The molecule has 0 radical (unpaired) electrons. The Morgan fingerprint density at radius 3 is 2.33 bits per heavy atom. The number of hydrogen-bond acceptors (Lipinski definition) is 2. The fourth-order valence-electron chi connectivity index (χ4n) is 0.255. The van der Waals surface area contributed by atoms with Crippen molar-refractivity contribution in [3.63, 3.8) is 0 Å². The first-order valence-corrected chi connectivity index (χ1v) is 3.42. The molecule has 0 aliphatic rings. The van der Waals surface area contributed by atoms with Gasteiger partial charge in [-0.05, 0) is 25.6 Å². The van der Waals surface area contributed by atoms with Crippen molar-refractivity contribution in [2.24, 2.45) is 0 Å². The number of ether oxygens (including phenoxy) is 1. The molecule has 0 aliphatic carbocycles. The molecule has 0 aromatic carbocycles. The molecule has 0 fully saturated rings. The van der Waals surface area contributed by atoms with E-state index in [4.69, 9.17) is 4.74 Å². The van der Waals surface area contributed by atoms with Crippen LogP contribution in [0, 0.1) is 0 Å². The minimum Gasteiger partial charge on any atom is -0.476 e. The van der Waals surface area contributed by atoms with Crippen LogP contribution in [-0.4, -0.2) is 10.5 Å². The van der Waals surface area contributed by atoms with Crippen LogP contribution in [0.5, 0.6) is 0 Å². The molecule has 0 saturated carbocycles. The van der Waals surface area contributed by atoms with Gasteiger partial charge in [0.05, 0.1) is 6.10 Å². The maximum absolute atomic E-state index is 4.99. The molecular formula is C5H10NaOS2+. The molecule has 0 N–H and O–H groups in total. The largest absolute Gasteiger partial charge is 1.00 e. The summed E-state index contributed by atoms with van der Waals surface area (Å²) in [4.78, 5) is 0. The van der Waals surface area contributed by atoms with Crippen molar-refractivity contribution in [3.8, 4) is 0 Å². The van der Waals surface area contributed by atoms with Crippen molar-refractivity contribution < 1.29 is 34.3 Å². The van der Waals surface area contributed by atoms with Gasteiger partial charge in [0.15, 0.2) is 0 Å². The average molecular weight is 173 g/mol. The zero-order valence-corrected chi connectivity index (χ0v) is 9.76. The van der Waals surface area contributed by atoms with Crippen molar-refractivity contribution >= 4 is 29.2 Å². The standard InChI is InChI=1S/C5H10OS2.Na/c1-3-4(2)6-5(7)8;/h4H,3H2,1-2H3,(H,7,8);/q;+1. The van der Waals surface area contributed by atoms with Crippen molar-refractivity contribution in [1.29, 1.82) is 0 Å². The van der Waals surface area contributed by atoms with Gasteiger partial charge < -0.3 is 4.74 Å². The fourth-order valence-corrected chi connectivity index (χ4v) is 0.600. The second kappa shape index (κ2) is 7.35. The molecule has 0 aromatic heterocycles. The van der Waals surface area contributed by atoms with Crippen LogP contribution >= 0.6 is 24.8 Å². The van der Waals surface area contributed by atoms with Crippen molar-refractivity contribution in [3.05, 3.63) is 0 Å². The first-order chi connectivity index (χ1) is 3.66. The van der Waals surface area contributed by atoms with Crippen molar-refractivity contribution in [2.75, 3.05) is 0 Å². The van der Waals surface area contributed by atoms with Gasteiger partial charge in [-0.3, -0.25) is 0 Å². The van der Waals surface area contributed by atoms with Gasteiger partial charge >= 0.3 is 29.6 Å². The number of rotatable bonds is 2. The molecular weight excluding hydrogens is 163 g/mol. The minimum absolute atomic E-state index is 0. The Morgan fingerprint density at radius 2 is 2.22 bits per heavy atom. The molecule has 0 saturated heterocycles. The van der Waals surface area contributed by atoms with Crippen LogP contribution in [0.2, 0.25) is 0 Å². The van der Waals surface area contributed by atoms with E-state index in [1.165, 1.54) is 0 Å². The Kier molecular flexibility index (Phi) is 10.5. The molecule has 0 bridgehead atoms. The summed E-state index contributed by atoms with van der Waals surface area (Å²) in [7, 11) is 0. The van der Waals surface area contributed by atoms with Crippen LogP contribution in [0.15, 0.2) is 0 Å². The summed E-state index contributed by atoms with van der Waals surface area (Å²) in [5.41, 5.74) is 0. The summed E-state index contributed by atoms with van der Waals surface area (Å²) in [6.45, 7) is 4.00. The molecule has 9 heavy (non-hydrogen) atoms. The van der Waals surface area contributed by atoms with E-state index in [1.54, 1.807) is 0 Å². The average Bonchev–Trinajstić information content (AvgIpc) is 1.65. The van der Waals surface area contributed by atoms with Gasteiger partial charge in [0, 0.05) is 0 Å². The first kappa shape index (κ1) is 12.9. The Balaban J connectivity index is 0. The molecule has 48 valence electrons. The molecule has 0 rings (SSSR count). The predicted octanol–water partition coefficient (Wildman–Crippen LogP) is -0.980. The van der Waals surface area contributed by atoms with Gasteiger partial charge in [0.25, 0.3) is 0 Å². The van der Waals surface area contributed by atoms with Crippen LogP contribution in [0.4, 0.5) is 0 Å². The Labute approximate surface area is 89.2 Å². The van der Waals surface area contributed by atoms with Crippen LogP contribution in [0.3, 0.4) is 0 Å². The first-order valence-electron chi connectivity index (χ1n) is 2.56. The van der Waals surface area contributed by atoms with E-state index in [0.717, 1.165) is 6.42 Å². The molecule has 1 nitrogen and oxygen atoms in total. The van der Waals surface area contributed by atoms with Gasteiger partial charge in [-0.2, -0.15) is 0 Å². The third kappa shape index (κ3) is 9.24. The van der Waals surface area contributed by atoms with Gasteiger partial charge in [0.2, 0.25) is 4.38 Å². The Hall–Kier alpha value is 1.24. The van der Waals surface area contributed by atoms with E-state index < -0.39 is 0 Å². The monoisotopic (exact) mass is 173 g/mol. The maximum atomic E-state index is 4.99. The zero-order chi connectivity index (χ0) is 6.57. The smallest absolute Gasteiger partial charge is 0.476 e. The van der Waals surface area contributed by atoms with Crippen LogP contribution in [-0.2, 0) is 4.74 Å². The summed E-state index contributed by atoms with van der Waals surface area (Å²) >= 11 is 8.38. The quantitative estimate of drug-likeness (QED) is 0.326. The van der Waals surface area contributed by atoms with E-state index in [1.807, 2.05) is 13.8 Å². The topological polar surface area (TPSA) is 9.23 Å². The molecule has 0 amide bonds. The second-order valence-corrected chi connectivity index (χ2v) is 2.68. The molecule has 0 aliphatic heterocycles. The molecule has 1 atom stereocenters. The summed E-state index contributed by atoms with van der Waals surface area (Å²) in [5.74, 6) is 0. The van der Waals surface area contributed by atoms with E-state index in [-0.39, 0.29) is 35.7 Å². The molecule has 4 heteroatoms. The van der Waals surface area contributed by atoms with Crippen molar-refractivity contribution in [2.45, 2.75) is 26.4 Å². The maximum Gasteiger partial charge on any atom is 1.00 e. The fraction of sp³-hybridized carbons (Fsp3) is 0.800. The van der Waals surface area contributed by atoms with E-state index in [9.17, 15) is 0 Å². The van der Waals surface area contributed by atoms with Crippen molar-refractivity contribution in [1.82, 2.24) is 0 Å². The van der Waals surface area contributed by atoms with Crippen LogP contribution in [0.1, 0.15) is 20.3 Å². The number of hydrogen-bond donors (Lipinski definition) is 1. The van der Waals surface area contributed by atoms with Gasteiger partial charge in [-0.15, -0.1) is 0 Å². The van der Waals surface area contributed by atoms with Gasteiger partial charge in [0.1, 0.15) is 0 Å². The SMILES string of the molecule is CCC(C)OC(=S)S.[Na+]. The molecule has 1 unspecified atom stereocenters. The zero-order valence-electron chi connectivity index (χ0n) is 6.05. The third-order valence-corrected chi connectivity index (χ3v) is 1.08. The Morgan fingerprint density at radius 1 is 1.78 bits per heavy atom. The summed E-state index contributed by atoms with van der Waals surface area (Å²) in [6.07, 6.45) is 1.18. The summed E-state index contributed by atoms with van der Waals surface area (Å²) in [5, 5.41) is 0. The molecule has 0 spiro atoms. The van der Waals surface area contributed by atoms with Gasteiger partial charge in [-0.1, -0.05) is 19.6 Å². The van der Waals surface area contributed by atoms with Gasteiger partial charge in [-0.25, -0.2) is 0 Å². The van der Waals surface area contributed by atoms with E-state index in [0.29, 0.717) is 4.38 Å². The molecule has 0 aromatic rings. The van der Waals surface area contributed by atoms with Crippen LogP contribution in [0.25, 0.3) is 0 Å². The molecule has 0 heterocycles. The normalized spacial score (nSPS) is 11.4. The Bertz CT molecular complexity index is 87.0. The number of thiocarbonyl (C=S) groups is 1. The number of thiol groups is 1. The minimum atomic E-state index is 0.